The van der Waals surface area contributed by atoms with Gasteiger partial charge in [0.25, 0.3) is 0 Å². The Morgan fingerprint density at radius 3 is 2.75 bits per heavy atom. The largest absolute Gasteiger partial charge is 0.388 e. The fourth-order valence-corrected chi connectivity index (χ4v) is 2.02. The molecular weight excluding hydrogens is 252 g/mol. The van der Waals surface area contributed by atoms with Gasteiger partial charge in [-0.1, -0.05) is 13.8 Å². The minimum absolute atomic E-state index is 0.194. The van der Waals surface area contributed by atoms with Crippen LogP contribution in [0.25, 0.3) is 11.2 Å². The molecule has 2 heterocycles. The van der Waals surface area contributed by atoms with Gasteiger partial charge in [-0.25, -0.2) is 9.97 Å². The molecule has 0 aromatic carbocycles. The van der Waals surface area contributed by atoms with Crippen molar-refractivity contribution in [3.63, 3.8) is 0 Å². The Labute approximate surface area is 118 Å². The van der Waals surface area contributed by atoms with Crippen LogP contribution in [0.2, 0.25) is 0 Å². The SMILES string of the molecule is CC(C)CN(CCC(=N)N)c1ccc2nccnc2n1. The van der Waals surface area contributed by atoms with Gasteiger partial charge in [0.05, 0.1) is 5.84 Å². The first-order chi connectivity index (χ1) is 9.56. The van der Waals surface area contributed by atoms with Gasteiger partial charge in [0.1, 0.15) is 11.3 Å². The van der Waals surface area contributed by atoms with Crippen LogP contribution >= 0.6 is 0 Å². The molecule has 0 spiro atoms. The Morgan fingerprint density at radius 1 is 1.30 bits per heavy atom. The molecule has 2 aromatic heterocycles. The number of anilines is 1. The van der Waals surface area contributed by atoms with Crippen LogP contribution in [0.3, 0.4) is 0 Å². The van der Waals surface area contributed by atoms with Crippen molar-refractivity contribution in [1.29, 1.82) is 5.41 Å². The number of nitrogens with one attached hydrogen (secondary N) is 1. The van der Waals surface area contributed by atoms with E-state index in [1.165, 1.54) is 0 Å². The van der Waals surface area contributed by atoms with Crippen LogP contribution in [-0.4, -0.2) is 33.9 Å². The Hall–Kier alpha value is -2.24. The zero-order valence-corrected chi connectivity index (χ0v) is 11.9. The summed E-state index contributed by atoms with van der Waals surface area (Å²) in [5.41, 5.74) is 6.88. The monoisotopic (exact) mass is 272 g/mol. The molecule has 0 aliphatic heterocycles. The summed E-state index contributed by atoms with van der Waals surface area (Å²) in [6.07, 6.45) is 3.83. The summed E-state index contributed by atoms with van der Waals surface area (Å²) >= 11 is 0. The third kappa shape index (κ3) is 3.63. The van der Waals surface area contributed by atoms with E-state index in [1.54, 1.807) is 12.4 Å². The fraction of sp³-hybridized carbons (Fsp3) is 0.429. The number of hydrogen-bond donors (Lipinski definition) is 2. The normalized spacial score (nSPS) is 10.9. The summed E-state index contributed by atoms with van der Waals surface area (Å²) in [7, 11) is 0. The molecule has 0 unspecified atom stereocenters. The first-order valence-electron chi connectivity index (χ1n) is 6.72. The fourth-order valence-electron chi connectivity index (χ4n) is 2.02. The summed E-state index contributed by atoms with van der Waals surface area (Å²) < 4.78 is 0. The van der Waals surface area contributed by atoms with Crippen LogP contribution in [0, 0.1) is 11.3 Å². The molecule has 2 rings (SSSR count). The standard InChI is InChI=1S/C14H20N6/c1-10(2)9-20(8-5-12(15)16)13-4-3-11-14(19-13)18-7-6-17-11/h3-4,6-7,10H,5,8-9H2,1-2H3,(H3,15,16). The Balaban J connectivity index is 2.26. The van der Waals surface area contributed by atoms with E-state index in [1.807, 2.05) is 12.1 Å². The number of nitrogens with two attached hydrogens (primary N) is 1. The van der Waals surface area contributed by atoms with Crippen LogP contribution in [0.4, 0.5) is 5.82 Å². The van der Waals surface area contributed by atoms with E-state index in [-0.39, 0.29) is 5.84 Å². The molecule has 0 amide bonds. The first kappa shape index (κ1) is 14.2. The molecule has 0 fully saturated rings. The first-order valence-corrected chi connectivity index (χ1v) is 6.72. The molecule has 0 saturated heterocycles. The highest BCUT2D eigenvalue weighted by atomic mass is 15.2. The number of aromatic nitrogens is 3. The number of pyridine rings is 1. The van der Waals surface area contributed by atoms with Gasteiger partial charge in [-0.3, -0.25) is 10.4 Å². The molecule has 6 heteroatoms. The van der Waals surface area contributed by atoms with Gasteiger partial charge in [0.15, 0.2) is 5.65 Å². The predicted octanol–water partition coefficient (Wildman–Crippen LogP) is 1.81. The van der Waals surface area contributed by atoms with E-state index in [9.17, 15) is 0 Å². The van der Waals surface area contributed by atoms with Crippen LogP contribution in [0.5, 0.6) is 0 Å². The van der Waals surface area contributed by atoms with Crippen LogP contribution < -0.4 is 10.6 Å². The van der Waals surface area contributed by atoms with Crippen LogP contribution in [0.1, 0.15) is 20.3 Å². The van der Waals surface area contributed by atoms with Crippen molar-refractivity contribution in [3.05, 3.63) is 24.5 Å². The lowest BCUT2D eigenvalue weighted by Crippen LogP contribution is -2.31. The second-order valence-corrected chi connectivity index (χ2v) is 5.18. The number of hydrogen-bond acceptors (Lipinski definition) is 5. The molecule has 0 radical (unpaired) electrons. The van der Waals surface area contributed by atoms with Gasteiger partial charge in [-0.15, -0.1) is 0 Å². The molecule has 0 aliphatic carbocycles. The van der Waals surface area contributed by atoms with E-state index in [0.29, 0.717) is 24.5 Å². The summed E-state index contributed by atoms with van der Waals surface area (Å²) in [5.74, 6) is 1.55. The molecule has 6 nitrogen and oxygen atoms in total. The highest BCUT2D eigenvalue weighted by molar-refractivity contribution is 5.77. The molecule has 0 atom stereocenters. The van der Waals surface area contributed by atoms with Crippen molar-refractivity contribution in [2.24, 2.45) is 11.7 Å². The Morgan fingerprint density at radius 2 is 2.05 bits per heavy atom. The van der Waals surface area contributed by atoms with E-state index in [2.05, 4.69) is 33.7 Å². The molecule has 0 aliphatic rings. The molecule has 2 aromatic rings. The number of fused-ring (bicyclic) bond motifs is 1. The number of nitrogens with zero attached hydrogens (tertiary/aromatic N) is 4. The second kappa shape index (κ2) is 6.27. The second-order valence-electron chi connectivity index (χ2n) is 5.18. The maximum absolute atomic E-state index is 7.37. The van der Waals surface area contributed by atoms with E-state index in [4.69, 9.17) is 11.1 Å². The predicted molar refractivity (Wildman–Crippen MR) is 80.9 cm³/mol. The third-order valence-electron chi connectivity index (χ3n) is 2.88. The molecule has 3 N–H and O–H groups in total. The van der Waals surface area contributed by atoms with Crippen LogP contribution in [-0.2, 0) is 0 Å². The van der Waals surface area contributed by atoms with Crippen molar-refractivity contribution < 1.29 is 0 Å². The highest BCUT2D eigenvalue weighted by Crippen LogP contribution is 2.16. The maximum Gasteiger partial charge on any atom is 0.180 e. The van der Waals surface area contributed by atoms with Gasteiger partial charge in [-0.2, -0.15) is 0 Å². The minimum atomic E-state index is 0.194. The zero-order chi connectivity index (χ0) is 14.5. The molecular formula is C14H20N6. The maximum atomic E-state index is 7.37. The lowest BCUT2D eigenvalue weighted by molar-refractivity contribution is 0.609. The topological polar surface area (TPSA) is 91.8 Å². The van der Waals surface area contributed by atoms with E-state index in [0.717, 1.165) is 17.9 Å². The minimum Gasteiger partial charge on any atom is -0.388 e. The van der Waals surface area contributed by atoms with Crippen molar-refractivity contribution >= 4 is 22.8 Å². The van der Waals surface area contributed by atoms with E-state index < -0.39 is 0 Å². The summed E-state index contributed by atoms with van der Waals surface area (Å²) in [6.45, 7) is 5.86. The average molecular weight is 272 g/mol. The van der Waals surface area contributed by atoms with Gasteiger partial charge < -0.3 is 10.6 Å². The van der Waals surface area contributed by atoms with Crippen molar-refractivity contribution in [2.75, 3.05) is 18.0 Å². The molecule has 0 saturated carbocycles. The third-order valence-corrected chi connectivity index (χ3v) is 2.88. The van der Waals surface area contributed by atoms with Gasteiger partial charge in [0.2, 0.25) is 0 Å². The van der Waals surface area contributed by atoms with Gasteiger partial charge in [0, 0.05) is 31.9 Å². The quantitative estimate of drug-likeness (QED) is 0.618. The van der Waals surface area contributed by atoms with Gasteiger partial charge >= 0.3 is 0 Å². The van der Waals surface area contributed by atoms with E-state index >= 15 is 0 Å². The molecule has 0 bridgehead atoms. The summed E-state index contributed by atoms with van der Waals surface area (Å²) in [6, 6.07) is 3.87. The highest BCUT2D eigenvalue weighted by Gasteiger charge is 2.11. The van der Waals surface area contributed by atoms with Crippen molar-refractivity contribution in [3.8, 4) is 0 Å². The Bertz CT molecular complexity index is 595. The van der Waals surface area contributed by atoms with Crippen molar-refractivity contribution in [1.82, 2.24) is 15.0 Å². The lowest BCUT2D eigenvalue weighted by Gasteiger charge is -2.25. The number of amidine groups is 1. The number of rotatable bonds is 6. The van der Waals surface area contributed by atoms with Crippen molar-refractivity contribution in [2.45, 2.75) is 20.3 Å². The molecule has 20 heavy (non-hydrogen) atoms. The van der Waals surface area contributed by atoms with Gasteiger partial charge in [-0.05, 0) is 18.1 Å². The zero-order valence-electron chi connectivity index (χ0n) is 11.9. The Kier molecular flexibility index (Phi) is 4.45. The molecule has 106 valence electrons. The average Bonchev–Trinajstić information content (AvgIpc) is 2.42. The smallest absolute Gasteiger partial charge is 0.180 e. The van der Waals surface area contributed by atoms with Crippen LogP contribution in [0.15, 0.2) is 24.5 Å². The summed E-state index contributed by atoms with van der Waals surface area (Å²) in [5, 5.41) is 7.37. The lowest BCUT2D eigenvalue weighted by atomic mass is 10.2. The summed E-state index contributed by atoms with van der Waals surface area (Å²) in [4.78, 5) is 15.1.